The molecule has 3 aromatic rings. The number of nitriles is 1. The highest BCUT2D eigenvalue weighted by Crippen LogP contribution is 2.38. The molecule has 0 radical (unpaired) electrons. The van der Waals surface area contributed by atoms with Crippen LogP contribution >= 0.6 is 12.4 Å². The van der Waals surface area contributed by atoms with E-state index in [1.807, 2.05) is 18.2 Å². The molecule has 1 aromatic heterocycles. The summed E-state index contributed by atoms with van der Waals surface area (Å²) in [5.41, 5.74) is 1.81. The Kier molecular flexibility index (Phi) is 7.62. The van der Waals surface area contributed by atoms with Crippen molar-refractivity contribution in [3.8, 4) is 23.3 Å². The van der Waals surface area contributed by atoms with Crippen LogP contribution in [0.25, 0.3) is 17.0 Å². The molecule has 2 aromatic carbocycles. The van der Waals surface area contributed by atoms with E-state index >= 15 is 0 Å². The second-order valence-electron chi connectivity index (χ2n) is 5.96. The Labute approximate surface area is 180 Å². The minimum atomic E-state index is -0.530. The molecule has 1 amide bonds. The third kappa shape index (κ3) is 4.62. The van der Waals surface area contributed by atoms with Crippen LogP contribution in [0, 0.1) is 11.3 Å². The first-order valence-electron chi connectivity index (χ1n) is 8.68. The monoisotopic (exact) mass is 425 g/mol. The molecular formula is C22H20ClN3O4. The van der Waals surface area contributed by atoms with Crippen molar-refractivity contribution in [2.24, 2.45) is 0 Å². The van der Waals surface area contributed by atoms with Crippen molar-refractivity contribution in [1.29, 1.82) is 5.26 Å². The van der Waals surface area contributed by atoms with Crippen LogP contribution in [0.4, 0.5) is 5.69 Å². The molecule has 1 heterocycles. The van der Waals surface area contributed by atoms with Crippen LogP contribution in [0.5, 0.6) is 17.2 Å². The topological polar surface area (TPSA) is 93.5 Å². The first-order chi connectivity index (χ1) is 14.1. The summed E-state index contributed by atoms with van der Waals surface area (Å²) in [5, 5.41) is 13.1. The van der Waals surface area contributed by atoms with E-state index in [0.717, 1.165) is 10.9 Å². The van der Waals surface area contributed by atoms with Crippen molar-refractivity contribution in [1.82, 2.24) is 4.98 Å². The maximum Gasteiger partial charge on any atom is 0.266 e. The van der Waals surface area contributed by atoms with Crippen LogP contribution in [-0.4, -0.2) is 32.2 Å². The number of carbonyl (C=O) groups is 1. The lowest BCUT2D eigenvalue weighted by atomic mass is 10.1. The van der Waals surface area contributed by atoms with E-state index in [1.165, 1.54) is 27.4 Å². The predicted molar refractivity (Wildman–Crippen MR) is 117 cm³/mol. The maximum absolute atomic E-state index is 12.7. The number of fused-ring (bicyclic) bond motifs is 1. The Morgan fingerprint density at radius 3 is 2.37 bits per heavy atom. The van der Waals surface area contributed by atoms with E-state index < -0.39 is 5.91 Å². The van der Waals surface area contributed by atoms with Crippen molar-refractivity contribution < 1.29 is 19.0 Å². The third-order valence-corrected chi connectivity index (χ3v) is 4.26. The third-order valence-electron chi connectivity index (χ3n) is 4.26. The number of nitrogens with zero attached hydrogens (tertiary/aromatic N) is 2. The Morgan fingerprint density at radius 2 is 1.77 bits per heavy atom. The molecule has 0 unspecified atom stereocenters. The van der Waals surface area contributed by atoms with Crippen molar-refractivity contribution in [3.63, 3.8) is 0 Å². The second-order valence-corrected chi connectivity index (χ2v) is 5.96. The second kappa shape index (κ2) is 10.1. The van der Waals surface area contributed by atoms with Gasteiger partial charge in [0.05, 0.1) is 32.5 Å². The summed E-state index contributed by atoms with van der Waals surface area (Å²) in [6.45, 7) is 0. The highest BCUT2D eigenvalue weighted by atomic mass is 35.5. The standard InChI is InChI=1S/C22H19N3O4.ClH/c1-27-19-11-14(12-20(28-2)21(19)29-3)10-15(13-23)22(26)25-18-8-4-7-17-16(18)6-5-9-24-17;/h4-12H,1-3H3,(H,25,26);1H. The molecule has 0 aliphatic carbocycles. The zero-order valence-electron chi connectivity index (χ0n) is 16.6. The van der Waals surface area contributed by atoms with Gasteiger partial charge in [-0.15, -0.1) is 12.4 Å². The summed E-state index contributed by atoms with van der Waals surface area (Å²) in [4.78, 5) is 17.0. The lowest BCUT2D eigenvalue weighted by Crippen LogP contribution is -2.13. The van der Waals surface area contributed by atoms with Crippen LogP contribution < -0.4 is 19.5 Å². The van der Waals surface area contributed by atoms with E-state index in [9.17, 15) is 10.1 Å². The van der Waals surface area contributed by atoms with Crippen LogP contribution in [-0.2, 0) is 4.79 Å². The number of anilines is 1. The summed E-state index contributed by atoms with van der Waals surface area (Å²) >= 11 is 0. The fraction of sp³-hybridized carbons (Fsp3) is 0.136. The van der Waals surface area contributed by atoms with E-state index in [4.69, 9.17) is 14.2 Å². The minimum absolute atomic E-state index is 0. The fourth-order valence-electron chi connectivity index (χ4n) is 2.90. The number of benzene rings is 2. The maximum atomic E-state index is 12.7. The molecule has 0 bridgehead atoms. The number of halogens is 1. The molecule has 0 saturated carbocycles. The molecule has 154 valence electrons. The van der Waals surface area contributed by atoms with Crippen molar-refractivity contribution in [2.75, 3.05) is 26.6 Å². The smallest absolute Gasteiger partial charge is 0.266 e. The van der Waals surface area contributed by atoms with Gasteiger partial charge in [-0.2, -0.15) is 5.26 Å². The molecule has 3 rings (SSSR count). The number of hydrogen-bond donors (Lipinski definition) is 1. The summed E-state index contributed by atoms with van der Waals surface area (Å²) in [5.74, 6) is 0.753. The Balaban J connectivity index is 0.00000320. The van der Waals surface area contributed by atoms with Gasteiger partial charge in [0.1, 0.15) is 11.6 Å². The molecule has 0 saturated heterocycles. The van der Waals surface area contributed by atoms with E-state index in [1.54, 1.807) is 36.5 Å². The largest absolute Gasteiger partial charge is 0.493 e. The molecule has 0 spiro atoms. The number of ether oxygens (including phenoxy) is 3. The highest BCUT2D eigenvalue weighted by molar-refractivity contribution is 6.12. The molecule has 0 aliphatic heterocycles. The van der Waals surface area contributed by atoms with Crippen LogP contribution in [0.1, 0.15) is 5.56 Å². The summed E-state index contributed by atoms with van der Waals surface area (Å²) in [7, 11) is 4.50. The number of nitrogens with one attached hydrogen (secondary N) is 1. The number of carbonyl (C=O) groups excluding carboxylic acids is 1. The molecule has 8 heteroatoms. The van der Waals surface area contributed by atoms with Crippen molar-refractivity contribution in [2.45, 2.75) is 0 Å². The lowest BCUT2D eigenvalue weighted by Gasteiger charge is -2.13. The van der Waals surface area contributed by atoms with Crippen molar-refractivity contribution >= 4 is 41.0 Å². The van der Waals surface area contributed by atoms with Crippen LogP contribution in [0.2, 0.25) is 0 Å². The summed E-state index contributed by atoms with van der Waals surface area (Å²) < 4.78 is 15.9. The highest BCUT2D eigenvalue weighted by Gasteiger charge is 2.15. The number of pyridine rings is 1. The fourth-order valence-corrected chi connectivity index (χ4v) is 2.90. The predicted octanol–water partition coefficient (Wildman–Crippen LogP) is 4.23. The summed E-state index contributed by atoms with van der Waals surface area (Å²) in [6.07, 6.45) is 3.14. The van der Waals surface area contributed by atoms with Gasteiger partial charge in [0.25, 0.3) is 5.91 Å². The van der Waals surface area contributed by atoms with Gasteiger partial charge in [-0.1, -0.05) is 6.07 Å². The summed E-state index contributed by atoms with van der Waals surface area (Å²) in [6, 6.07) is 14.3. The van der Waals surface area contributed by atoms with E-state index in [2.05, 4.69) is 10.3 Å². The average molecular weight is 426 g/mol. The number of methoxy groups -OCH3 is 3. The number of rotatable bonds is 6. The molecule has 0 fully saturated rings. The Morgan fingerprint density at radius 1 is 1.07 bits per heavy atom. The number of amides is 1. The minimum Gasteiger partial charge on any atom is -0.493 e. The van der Waals surface area contributed by atoms with Gasteiger partial charge >= 0.3 is 0 Å². The van der Waals surface area contributed by atoms with Crippen LogP contribution in [0.15, 0.2) is 54.2 Å². The molecule has 7 nitrogen and oxygen atoms in total. The molecule has 0 atom stereocenters. The van der Waals surface area contributed by atoms with E-state index in [-0.39, 0.29) is 18.0 Å². The first kappa shape index (κ1) is 22.5. The zero-order chi connectivity index (χ0) is 20.8. The van der Waals surface area contributed by atoms with Gasteiger partial charge in [-0.3, -0.25) is 9.78 Å². The first-order valence-corrected chi connectivity index (χ1v) is 8.68. The van der Waals surface area contributed by atoms with Gasteiger partial charge < -0.3 is 19.5 Å². The normalized spacial score (nSPS) is 10.5. The van der Waals surface area contributed by atoms with E-state index in [0.29, 0.717) is 28.5 Å². The SMILES string of the molecule is COc1cc(C=C(C#N)C(=O)Nc2cccc3ncccc23)cc(OC)c1OC.Cl. The number of hydrogen-bond acceptors (Lipinski definition) is 6. The van der Waals surface area contributed by atoms with Crippen LogP contribution in [0.3, 0.4) is 0 Å². The Bertz CT molecular complexity index is 1110. The quantitative estimate of drug-likeness (QED) is 0.469. The molecule has 30 heavy (non-hydrogen) atoms. The number of aromatic nitrogens is 1. The van der Waals surface area contributed by atoms with Gasteiger partial charge in [0.2, 0.25) is 5.75 Å². The zero-order valence-corrected chi connectivity index (χ0v) is 17.4. The Hall–Kier alpha value is -3.76. The molecule has 1 N–H and O–H groups in total. The van der Waals surface area contributed by atoms with Crippen molar-refractivity contribution in [3.05, 3.63) is 59.8 Å². The van der Waals surface area contributed by atoms with Gasteiger partial charge in [0, 0.05) is 11.6 Å². The van der Waals surface area contributed by atoms with Gasteiger partial charge in [0.15, 0.2) is 11.5 Å². The van der Waals surface area contributed by atoms with Gasteiger partial charge in [-0.05, 0) is 48.0 Å². The average Bonchev–Trinajstić information content (AvgIpc) is 2.76. The lowest BCUT2D eigenvalue weighted by molar-refractivity contribution is -0.112. The molecular weight excluding hydrogens is 406 g/mol. The van der Waals surface area contributed by atoms with Gasteiger partial charge in [-0.25, -0.2) is 0 Å². The molecule has 0 aliphatic rings.